The van der Waals surface area contributed by atoms with Crippen molar-refractivity contribution in [2.75, 3.05) is 0 Å². The molecule has 0 aliphatic rings. The van der Waals surface area contributed by atoms with Crippen molar-refractivity contribution < 1.29 is 9.90 Å². The van der Waals surface area contributed by atoms with Crippen LogP contribution in [-0.4, -0.2) is 16.1 Å². The van der Waals surface area contributed by atoms with Crippen molar-refractivity contribution >= 4 is 38.5 Å². The Morgan fingerprint density at radius 3 is 2.60 bits per heavy atom. The minimum atomic E-state index is -0.901. The van der Waals surface area contributed by atoms with Crippen LogP contribution in [-0.2, 0) is 0 Å². The van der Waals surface area contributed by atoms with Gasteiger partial charge in [0.05, 0.1) is 11.1 Å². The molecule has 0 fully saturated rings. The zero-order valence-electron chi connectivity index (χ0n) is 10.6. The van der Waals surface area contributed by atoms with Crippen LogP contribution < -0.4 is 0 Å². The van der Waals surface area contributed by atoms with E-state index in [1.54, 1.807) is 12.1 Å². The maximum absolute atomic E-state index is 11.5. The van der Waals surface area contributed by atoms with E-state index in [9.17, 15) is 9.90 Å². The fourth-order valence-electron chi connectivity index (χ4n) is 2.87. The maximum Gasteiger partial charge on any atom is 0.336 e. The van der Waals surface area contributed by atoms with Crippen molar-refractivity contribution in [2.24, 2.45) is 0 Å². The first-order valence-corrected chi connectivity index (χ1v) is 6.41. The predicted molar refractivity (Wildman–Crippen MR) is 80.3 cm³/mol. The molecule has 0 saturated carbocycles. The Morgan fingerprint density at radius 1 is 0.900 bits per heavy atom. The molecule has 0 radical (unpaired) electrons. The van der Waals surface area contributed by atoms with E-state index in [2.05, 4.69) is 4.98 Å². The Bertz CT molecular complexity index is 982. The lowest BCUT2D eigenvalue weighted by Gasteiger charge is -2.04. The lowest BCUT2D eigenvalue weighted by Crippen LogP contribution is -1.97. The average molecular weight is 261 g/mol. The number of hydrogen-bond acceptors (Lipinski definition) is 1. The maximum atomic E-state index is 11.5. The highest BCUT2D eigenvalue weighted by Crippen LogP contribution is 2.32. The van der Waals surface area contributed by atoms with Crippen LogP contribution >= 0.6 is 0 Å². The molecule has 4 rings (SSSR count). The molecule has 0 atom stereocenters. The van der Waals surface area contributed by atoms with E-state index < -0.39 is 5.97 Å². The minimum absolute atomic E-state index is 0.333. The molecule has 0 bridgehead atoms. The summed E-state index contributed by atoms with van der Waals surface area (Å²) >= 11 is 0. The molecule has 3 heteroatoms. The lowest BCUT2D eigenvalue weighted by molar-refractivity contribution is 0.0699. The first-order valence-electron chi connectivity index (χ1n) is 6.41. The smallest absolute Gasteiger partial charge is 0.336 e. The Labute approximate surface area is 114 Å². The molecule has 2 N–H and O–H groups in total. The van der Waals surface area contributed by atoms with Crippen LogP contribution in [0.2, 0.25) is 0 Å². The summed E-state index contributed by atoms with van der Waals surface area (Å²) < 4.78 is 0. The van der Waals surface area contributed by atoms with Crippen molar-refractivity contribution in [3.8, 4) is 0 Å². The first-order chi connectivity index (χ1) is 9.75. The summed E-state index contributed by atoms with van der Waals surface area (Å²) in [6.45, 7) is 0. The number of benzene rings is 3. The van der Waals surface area contributed by atoms with E-state index in [0.29, 0.717) is 5.56 Å². The van der Waals surface area contributed by atoms with Crippen molar-refractivity contribution in [1.82, 2.24) is 4.98 Å². The lowest BCUT2D eigenvalue weighted by atomic mass is 10.0. The van der Waals surface area contributed by atoms with Crippen molar-refractivity contribution in [1.29, 1.82) is 0 Å². The van der Waals surface area contributed by atoms with Gasteiger partial charge in [-0.25, -0.2) is 4.79 Å². The topological polar surface area (TPSA) is 53.1 Å². The second-order valence-corrected chi connectivity index (χ2v) is 4.87. The molecule has 0 amide bonds. The molecule has 3 aromatic carbocycles. The normalized spacial score (nSPS) is 11.4. The zero-order chi connectivity index (χ0) is 13.7. The van der Waals surface area contributed by atoms with E-state index in [0.717, 1.165) is 32.6 Å². The van der Waals surface area contributed by atoms with Crippen LogP contribution in [0.3, 0.4) is 0 Å². The van der Waals surface area contributed by atoms with Crippen LogP contribution in [0.4, 0.5) is 0 Å². The molecular weight excluding hydrogens is 250 g/mol. The number of hydrogen-bond donors (Lipinski definition) is 2. The number of rotatable bonds is 1. The second kappa shape index (κ2) is 3.84. The molecule has 4 aromatic rings. The van der Waals surface area contributed by atoms with Gasteiger partial charge >= 0.3 is 5.97 Å². The highest BCUT2D eigenvalue weighted by atomic mass is 16.4. The number of aromatic carboxylic acids is 1. The van der Waals surface area contributed by atoms with Gasteiger partial charge in [-0.2, -0.15) is 0 Å². The number of aromatic nitrogens is 1. The Balaban J connectivity index is 2.31. The van der Waals surface area contributed by atoms with Gasteiger partial charge in [0.15, 0.2) is 0 Å². The number of para-hydroxylation sites is 1. The molecule has 0 saturated heterocycles. The second-order valence-electron chi connectivity index (χ2n) is 4.87. The third-order valence-electron chi connectivity index (χ3n) is 3.75. The van der Waals surface area contributed by atoms with E-state index in [4.69, 9.17) is 0 Å². The number of nitrogens with one attached hydrogen (secondary N) is 1. The Hall–Kier alpha value is -2.81. The molecule has 1 aromatic heterocycles. The van der Waals surface area contributed by atoms with Crippen LogP contribution in [0.5, 0.6) is 0 Å². The van der Waals surface area contributed by atoms with Gasteiger partial charge in [-0.3, -0.25) is 0 Å². The summed E-state index contributed by atoms with van der Waals surface area (Å²) in [7, 11) is 0. The Kier molecular flexibility index (Phi) is 2.12. The summed E-state index contributed by atoms with van der Waals surface area (Å²) in [5.41, 5.74) is 2.25. The standard InChI is InChI=1S/C17H11NO2/c19-17(20)13-6-3-4-10-8-9-12-11-5-1-2-7-14(11)18-16(12)15(10)13/h1-9,18H,(H,19,20). The molecule has 1 heterocycles. The summed E-state index contributed by atoms with van der Waals surface area (Å²) in [6.07, 6.45) is 0. The van der Waals surface area contributed by atoms with Gasteiger partial charge in [0.25, 0.3) is 0 Å². The van der Waals surface area contributed by atoms with Gasteiger partial charge in [-0.1, -0.05) is 42.5 Å². The van der Waals surface area contributed by atoms with Gasteiger partial charge in [-0.15, -0.1) is 0 Å². The largest absolute Gasteiger partial charge is 0.478 e. The zero-order valence-corrected chi connectivity index (χ0v) is 10.6. The number of carbonyl (C=O) groups is 1. The van der Waals surface area contributed by atoms with Crippen LogP contribution in [0, 0.1) is 0 Å². The fourth-order valence-corrected chi connectivity index (χ4v) is 2.87. The highest BCUT2D eigenvalue weighted by molar-refractivity contribution is 6.21. The number of carboxylic acid groups (broad SMARTS) is 1. The summed E-state index contributed by atoms with van der Waals surface area (Å²) in [5, 5.41) is 13.3. The van der Waals surface area contributed by atoms with Crippen molar-refractivity contribution in [2.45, 2.75) is 0 Å². The van der Waals surface area contributed by atoms with Crippen molar-refractivity contribution in [3.05, 3.63) is 60.2 Å². The molecule has 0 spiro atoms. The molecule has 0 aliphatic carbocycles. The predicted octanol–water partition coefficient (Wildman–Crippen LogP) is 4.17. The number of H-pyrrole nitrogens is 1. The molecule has 20 heavy (non-hydrogen) atoms. The number of aromatic amines is 1. The van der Waals surface area contributed by atoms with Gasteiger partial charge in [-0.05, 0) is 17.5 Å². The summed E-state index contributed by atoms with van der Waals surface area (Å²) in [6, 6.07) is 17.4. The first kappa shape index (κ1) is 11.1. The SMILES string of the molecule is O=C(O)c1cccc2ccc3c4ccccc4[nH]c3c12. The Morgan fingerprint density at radius 2 is 1.75 bits per heavy atom. The van der Waals surface area contributed by atoms with Gasteiger partial charge in [0.2, 0.25) is 0 Å². The molecule has 0 unspecified atom stereocenters. The van der Waals surface area contributed by atoms with E-state index in [1.165, 1.54) is 0 Å². The van der Waals surface area contributed by atoms with Gasteiger partial charge < -0.3 is 10.1 Å². The van der Waals surface area contributed by atoms with Crippen LogP contribution in [0.1, 0.15) is 10.4 Å². The van der Waals surface area contributed by atoms with Crippen LogP contribution in [0.25, 0.3) is 32.6 Å². The monoisotopic (exact) mass is 261 g/mol. The quantitative estimate of drug-likeness (QED) is 0.540. The summed E-state index contributed by atoms with van der Waals surface area (Å²) in [4.78, 5) is 14.8. The van der Waals surface area contributed by atoms with Gasteiger partial charge in [0, 0.05) is 21.7 Å². The minimum Gasteiger partial charge on any atom is -0.478 e. The van der Waals surface area contributed by atoms with Gasteiger partial charge in [0.1, 0.15) is 0 Å². The van der Waals surface area contributed by atoms with E-state index in [-0.39, 0.29) is 0 Å². The highest BCUT2D eigenvalue weighted by Gasteiger charge is 2.13. The van der Waals surface area contributed by atoms with Crippen LogP contribution in [0.15, 0.2) is 54.6 Å². The van der Waals surface area contributed by atoms with Crippen molar-refractivity contribution in [3.63, 3.8) is 0 Å². The third-order valence-corrected chi connectivity index (χ3v) is 3.75. The fraction of sp³-hybridized carbons (Fsp3) is 0. The molecule has 3 nitrogen and oxygen atoms in total. The molecule has 0 aliphatic heterocycles. The summed E-state index contributed by atoms with van der Waals surface area (Å²) in [5.74, 6) is -0.901. The van der Waals surface area contributed by atoms with E-state index >= 15 is 0 Å². The molecular formula is C17H11NO2. The van der Waals surface area contributed by atoms with E-state index in [1.807, 2.05) is 42.5 Å². The average Bonchev–Trinajstić information content (AvgIpc) is 2.85. The number of carboxylic acids is 1. The molecule has 96 valence electrons. The third kappa shape index (κ3) is 1.37. The number of fused-ring (bicyclic) bond motifs is 5.